The molecule has 4 N–H and O–H groups in total. The van der Waals surface area contributed by atoms with Gasteiger partial charge in [-0.3, -0.25) is 0 Å². The van der Waals surface area contributed by atoms with Gasteiger partial charge >= 0.3 is 0 Å². The summed E-state index contributed by atoms with van der Waals surface area (Å²) >= 11 is 0. The van der Waals surface area contributed by atoms with E-state index < -0.39 is 23.0 Å². The van der Waals surface area contributed by atoms with Gasteiger partial charge in [-0.25, -0.2) is 0 Å². The Morgan fingerprint density at radius 2 is 0.980 bits per heavy atom. The molecule has 1 aromatic heterocycles. The lowest BCUT2D eigenvalue weighted by Crippen LogP contribution is -1.95. The van der Waals surface area contributed by atoms with E-state index in [2.05, 4.69) is 36.4 Å². The zero-order valence-electron chi connectivity index (χ0n) is 26.3. The molecule has 7 aromatic carbocycles. The average molecular weight is 639 g/mol. The second kappa shape index (κ2) is 11.1. The van der Waals surface area contributed by atoms with Crippen LogP contribution in [0.3, 0.4) is 0 Å². The lowest BCUT2D eigenvalue weighted by atomic mass is 9.82. The van der Waals surface area contributed by atoms with Crippen molar-refractivity contribution in [3.8, 4) is 67.5 Å². The van der Waals surface area contributed by atoms with E-state index in [-0.39, 0.29) is 11.1 Å². The number of allylic oxidation sites excluding steroid dienone is 1. The predicted octanol–water partition coefficient (Wildman–Crippen LogP) is 11.2. The molecule has 5 nitrogen and oxygen atoms in total. The molecule has 0 spiro atoms. The fourth-order valence-electron chi connectivity index (χ4n) is 7.57. The lowest BCUT2D eigenvalue weighted by Gasteiger charge is -2.21. The van der Waals surface area contributed by atoms with E-state index in [0.717, 1.165) is 78.9 Å². The van der Waals surface area contributed by atoms with Gasteiger partial charge < -0.3 is 24.8 Å². The van der Waals surface area contributed by atoms with Crippen LogP contribution in [0.5, 0.6) is 23.0 Å². The highest BCUT2D eigenvalue weighted by atomic mass is 16.3. The molecule has 0 amide bonds. The van der Waals surface area contributed by atoms with Crippen molar-refractivity contribution in [2.24, 2.45) is 0 Å². The molecule has 1 aliphatic carbocycles. The number of aryl methyl sites for hydroxylation is 1. The summed E-state index contributed by atoms with van der Waals surface area (Å²) in [7, 11) is 0. The van der Waals surface area contributed by atoms with Crippen LogP contribution in [-0.4, -0.2) is 20.4 Å². The van der Waals surface area contributed by atoms with Gasteiger partial charge in [-0.2, -0.15) is 0 Å². The molecule has 0 unspecified atom stereocenters. The molecule has 1 aliphatic rings. The van der Waals surface area contributed by atoms with Crippen LogP contribution in [0.2, 0.25) is 0 Å². The van der Waals surface area contributed by atoms with E-state index in [1.807, 2.05) is 72.8 Å². The largest absolute Gasteiger partial charge is 0.504 e. The van der Waals surface area contributed by atoms with Gasteiger partial charge in [0.25, 0.3) is 0 Å². The van der Waals surface area contributed by atoms with E-state index in [4.69, 9.17) is 4.42 Å². The quantitative estimate of drug-likeness (QED) is 0.0874. The monoisotopic (exact) mass is 638 g/mol. The molecular weight excluding hydrogens is 608 g/mol. The summed E-state index contributed by atoms with van der Waals surface area (Å²) in [4.78, 5) is 0. The maximum Gasteiger partial charge on any atom is 0.170 e. The van der Waals surface area contributed by atoms with Crippen LogP contribution in [0.25, 0.3) is 83.1 Å². The van der Waals surface area contributed by atoms with Crippen LogP contribution in [-0.2, 0) is 6.42 Å². The summed E-state index contributed by atoms with van der Waals surface area (Å²) in [5.41, 5.74) is 6.85. The summed E-state index contributed by atoms with van der Waals surface area (Å²) < 4.78 is 6.56. The highest BCUT2D eigenvalue weighted by Gasteiger charge is 2.29. The summed E-state index contributed by atoms with van der Waals surface area (Å²) in [6.45, 7) is 0. The van der Waals surface area contributed by atoms with Crippen molar-refractivity contribution < 1.29 is 24.8 Å². The predicted molar refractivity (Wildman–Crippen MR) is 197 cm³/mol. The van der Waals surface area contributed by atoms with Crippen molar-refractivity contribution in [1.82, 2.24) is 0 Å². The molecule has 9 rings (SSSR count). The minimum atomic E-state index is -0.514. The van der Waals surface area contributed by atoms with Gasteiger partial charge in [0.15, 0.2) is 23.0 Å². The molecule has 5 heteroatoms. The highest BCUT2D eigenvalue weighted by Crippen LogP contribution is 2.58. The fraction of sp³-hybridized carbons (Fsp3) is 0.0455. The molecule has 1 heterocycles. The number of hydrogen-bond donors (Lipinski definition) is 4. The van der Waals surface area contributed by atoms with Gasteiger partial charge in [0.2, 0.25) is 0 Å². The van der Waals surface area contributed by atoms with Crippen LogP contribution >= 0.6 is 0 Å². The van der Waals surface area contributed by atoms with Gasteiger partial charge in [0.05, 0.1) is 11.1 Å². The smallest absolute Gasteiger partial charge is 0.170 e. The lowest BCUT2D eigenvalue weighted by molar-refractivity contribution is 0.378. The SMILES string of the molecule is Oc1c(O)c(-c2c3ccccc3c(-c3cc(-c4ccccc4)cc4oc5c(c34)C=CCC5)c3ccccc23)c(O)c(O)c1-c1ccccc1. The number of benzene rings is 7. The van der Waals surface area contributed by atoms with Gasteiger partial charge in [0, 0.05) is 22.9 Å². The zero-order valence-corrected chi connectivity index (χ0v) is 26.3. The second-order valence-electron chi connectivity index (χ2n) is 12.5. The molecule has 49 heavy (non-hydrogen) atoms. The zero-order chi connectivity index (χ0) is 33.2. The van der Waals surface area contributed by atoms with Crippen molar-refractivity contribution in [3.63, 3.8) is 0 Å². The Morgan fingerprint density at radius 1 is 0.469 bits per heavy atom. The van der Waals surface area contributed by atoms with E-state index in [1.165, 1.54) is 0 Å². The molecule has 0 radical (unpaired) electrons. The maximum absolute atomic E-state index is 11.7. The number of hydrogen-bond acceptors (Lipinski definition) is 5. The van der Waals surface area contributed by atoms with E-state index in [1.54, 1.807) is 24.3 Å². The molecule has 8 aromatic rings. The van der Waals surface area contributed by atoms with Crippen molar-refractivity contribution in [3.05, 3.63) is 139 Å². The van der Waals surface area contributed by atoms with Crippen LogP contribution in [0.4, 0.5) is 0 Å². The van der Waals surface area contributed by atoms with Crippen molar-refractivity contribution in [1.29, 1.82) is 0 Å². The van der Waals surface area contributed by atoms with Crippen LogP contribution in [0, 0.1) is 0 Å². The molecule has 0 aliphatic heterocycles. The number of phenols is 4. The first-order valence-electron chi connectivity index (χ1n) is 16.3. The fourth-order valence-corrected chi connectivity index (χ4v) is 7.57. The van der Waals surface area contributed by atoms with Crippen molar-refractivity contribution >= 4 is 38.6 Å². The average Bonchev–Trinajstić information content (AvgIpc) is 3.53. The number of fused-ring (bicyclic) bond motifs is 5. The Morgan fingerprint density at radius 3 is 1.57 bits per heavy atom. The van der Waals surface area contributed by atoms with Crippen LogP contribution in [0.15, 0.2) is 132 Å². The van der Waals surface area contributed by atoms with Gasteiger partial charge in [-0.05, 0) is 67.9 Å². The van der Waals surface area contributed by atoms with E-state index >= 15 is 0 Å². The molecular formula is C44H30O5. The standard InChI is InChI=1S/C44H30O5/c45-41-36(26-15-5-2-6-16-26)42(46)44(48)40(43(41)47)39-30-19-9-7-17-28(30)37(29-18-8-10-20-31(29)39)33-23-27(25-13-3-1-4-14-25)24-35-38(33)32-21-11-12-22-34(32)49-35/h1-11,13-21,23-24,45-48H,12,22H2. The third kappa shape index (κ3) is 4.32. The Balaban J connectivity index is 1.42. The first kappa shape index (κ1) is 28.7. The number of rotatable bonds is 4. The molecule has 0 bridgehead atoms. The van der Waals surface area contributed by atoms with E-state index in [0.29, 0.717) is 11.1 Å². The Bertz CT molecular complexity index is 2550. The molecule has 0 saturated carbocycles. The summed E-state index contributed by atoms with van der Waals surface area (Å²) in [6.07, 6.45) is 6.09. The number of furan rings is 1. The minimum absolute atomic E-state index is 0.0394. The van der Waals surface area contributed by atoms with Gasteiger partial charge in [-0.15, -0.1) is 0 Å². The van der Waals surface area contributed by atoms with Gasteiger partial charge in [-0.1, -0.05) is 121 Å². The number of phenolic OH excluding ortho intramolecular Hbond substituents is 4. The van der Waals surface area contributed by atoms with Crippen LogP contribution < -0.4 is 0 Å². The Hall–Kier alpha value is -6.46. The minimum Gasteiger partial charge on any atom is -0.504 e. The summed E-state index contributed by atoms with van der Waals surface area (Å²) in [6, 6.07) is 39.1. The summed E-state index contributed by atoms with van der Waals surface area (Å²) in [5.74, 6) is -1.08. The van der Waals surface area contributed by atoms with Gasteiger partial charge in [0.1, 0.15) is 11.3 Å². The third-order valence-corrected chi connectivity index (χ3v) is 9.74. The molecule has 0 fully saturated rings. The molecule has 236 valence electrons. The van der Waals surface area contributed by atoms with E-state index in [9.17, 15) is 20.4 Å². The third-order valence-electron chi connectivity index (χ3n) is 9.74. The Labute approximate surface area is 281 Å². The maximum atomic E-state index is 11.7. The van der Waals surface area contributed by atoms with Crippen molar-refractivity contribution in [2.75, 3.05) is 0 Å². The highest BCUT2D eigenvalue weighted by molar-refractivity contribution is 6.25. The van der Waals surface area contributed by atoms with Crippen molar-refractivity contribution in [2.45, 2.75) is 12.8 Å². The first-order chi connectivity index (χ1) is 24.0. The summed E-state index contributed by atoms with van der Waals surface area (Å²) in [5, 5.41) is 50.4. The molecule has 0 atom stereocenters. The molecule has 0 saturated heterocycles. The first-order valence-corrected chi connectivity index (χ1v) is 16.3. The Kier molecular flexibility index (Phi) is 6.49. The second-order valence-corrected chi connectivity index (χ2v) is 12.5. The van der Waals surface area contributed by atoms with Crippen LogP contribution in [0.1, 0.15) is 17.7 Å². The number of aromatic hydroxyl groups is 4. The topological polar surface area (TPSA) is 94.1 Å². The normalized spacial score (nSPS) is 12.6.